The smallest absolute Gasteiger partial charge is 0.137 e. The summed E-state index contributed by atoms with van der Waals surface area (Å²) in [5.41, 5.74) is 11.1. The molecule has 0 aliphatic heterocycles. The van der Waals surface area contributed by atoms with E-state index in [1.807, 2.05) is 30.3 Å². The molecule has 0 fully saturated rings. The highest BCUT2D eigenvalue weighted by Crippen LogP contribution is 2.22. The van der Waals surface area contributed by atoms with Crippen LogP contribution < -0.4 is 15.8 Å². The number of aromatic nitrogens is 2. The number of hydrogen-bond donors (Lipinski definition) is 2. The Balaban J connectivity index is 1.37. The van der Waals surface area contributed by atoms with E-state index in [4.69, 9.17) is 10.5 Å². The molecule has 0 radical (unpaired) electrons. The summed E-state index contributed by atoms with van der Waals surface area (Å²) in [6.45, 7) is 3.41. The van der Waals surface area contributed by atoms with E-state index in [0.717, 1.165) is 35.4 Å². The molecule has 0 bridgehead atoms. The summed E-state index contributed by atoms with van der Waals surface area (Å²) in [5, 5.41) is 4.33. The van der Waals surface area contributed by atoms with Crippen molar-refractivity contribution in [1.82, 2.24) is 9.97 Å². The highest BCUT2D eigenvalue weighted by molar-refractivity contribution is 5.91. The van der Waals surface area contributed by atoms with Gasteiger partial charge >= 0.3 is 0 Å². The Kier molecular flexibility index (Phi) is 5.56. The maximum atomic E-state index is 5.97. The molecule has 5 nitrogen and oxygen atoms in total. The highest BCUT2D eigenvalue weighted by Gasteiger charge is 2.04. The minimum absolute atomic E-state index is 0.567. The molecular formula is C24H24N4O. The van der Waals surface area contributed by atoms with Gasteiger partial charge in [0.2, 0.25) is 0 Å². The first kappa shape index (κ1) is 18.7. The molecule has 0 atom stereocenters. The number of nitrogens with two attached hydrogens (primary N) is 1. The molecule has 4 rings (SSSR count). The van der Waals surface area contributed by atoms with Gasteiger partial charge in [0.25, 0.3) is 0 Å². The van der Waals surface area contributed by atoms with Crippen LogP contribution in [0.3, 0.4) is 0 Å². The third-order valence-electron chi connectivity index (χ3n) is 4.75. The largest absolute Gasteiger partial charge is 0.489 e. The Morgan fingerprint density at radius 2 is 1.79 bits per heavy atom. The fourth-order valence-electron chi connectivity index (χ4n) is 3.30. The normalized spacial score (nSPS) is 10.8. The van der Waals surface area contributed by atoms with E-state index in [1.165, 1.54) is 16.7 Å². The summed E-state index contributed by atoms with van der Waals surface area (Å²) in [5.74, 6) is 1.68. The summed E-state index contributed by atoms with van der Waals surface area (Å²) in [6.07, 6.45) is 2.43. The predicted octanol–water partition coefficient (Wildman–Crippen LogP) is 4.75. The lowest BCUT2D eigenvalue weighted by Crippen LogP contribution is -2.07. The van der Waals surface area contributed by atoms with Crippen LogP contribution in [-0.4, -0.2) is 16.5 Å². The minimum Gasteiger partial charge on any atom is -0.489 e. The van der Waals surface area contributed by atoms with E-state index in [0.29, 0.717) is 12.3 Å². The SMILES string of the molecule is Cc1cccc(COc2cccc(CCNc3ncnc4ccc(N)cc34)c2)c1. The molecule has 0 unspecified atom stereocenters. The quantitative estimate of drug-likeness (QED) is 0.450. The van der Waals surface area contributed by atoms with Gasteiger partial charge in [-0.15, -0.1) is 0 Å². The number of anilines is 2. The van der Waals surface area contributed by atoms with Crippen molar-refractivity contribution in [2.24, 2.45) is 0 Å². The Hall–Kier alpha value is -3.60. The van der Waals surface area contributed by atoms with Crippen molar-refractivity contribution >= 4 is 22.4 Å². The lowest BCUT2D eigenvalue weighted by atomic mass is 10.1. The number of nitrogens with one attached hydrogen (secondary N) is 1. The van der Waals surface area contributed by atoms with Crippen molar-refractivity contribution in [3.63, 3.8) is 0 Å². The maximum absolute atomic E-state index is 5.97. The van der Waals surface area contributed by atoms with Gasteiger partial charge < -0.3 is 15.8 Å². The van der Waals surface area contributed by atoms with Gasteiger partial charge in [-0.25, -0.2) is 9.97 Å². The van der Waals surface area contributed by atoms with Crippen LogP contribution in [0.15, 0.2) is 73.1 Å². The minimum atomic E-state index is 0.567. The predicted molar refractivity (Wildman–Crippen MR) is 118 cm³/mol. The number of nitrogen functional groups attached to an aromatic ring is 1. The fraction of sp³-hybridized carbons (Fsp3) is 0.167. The molecule has 1 aromatic heterocycles. The second-order valence-electron chi connectivity index (χ2n) is 7.10. The van der Waals surface area contributed by atoms with Crippen molar-refractivity contribution in [3.8, 4) is 5.75 Å². The zero-order valence-electron chi connectivity index (χ0n) is 16.4. The van der Waals surface area contributed by atoms with Crippen LogP contribution in [0.4, 0.5) is 11.5 Å². The van der Waals surface area contributed by atoms with E-state index >= 15 is 0 Å². The van der Waals surface area contributed by atoms with Gasteiger partial charge in [-0.05, 0) is 54.8 Å². The zero-order chi connectivity index (χ0) is 20.1. The van der Waals surface area contributed by atoms with E-state index in [1.54, 1.807) is 6.33 Å². The van der Waals surface area contributed by atoms with Crippen molar-refractivity contribution < 1.29 is 4.74 Å². The Morgan fingerprint density at radius 1 is 0.931 bits per heavy atom. The summed E-state index contributed by atoms with van der Waals surface area (Å²) in [6, 6.07) is 22.3. The number of ether oxygens (including phenoxy) is 1. The van der Waals surface area contributed by atoms with Gasteiger partial charge in [0.05, 0.1) is 5.52 Å². The first-order chi connectivity index (χ1) is 14.2. The number of aryl methyl sites for hydroxylation is 1. The van der Waals surface area contributed by atoms with Crippen molar-refractivity contribution in [3.05, 3.63) is 89.7 Å². The Bertz CT molecular complexity index is 1130. The van der Waals surface area contributed by atoms with Crippen LogP contribution in [0.25, 0.3) is 10.9 Å². The molecule has 0 aliphatic carbocycles. The monoisotopic (exact) mass is 384 g/mol. The first-order valence-corrected chi connectivity index (χ1v) is 9.69. The molecule has 3 N–H and O–H groups in total. The van der Waals surface area contributed by atoms with Gasteiger partial charge in [-0.1, -0.05) is 42.0 Å². The van der Waals surface area contributed by atoms with E-state index in [2.05, 4.69) is 58.6 Å². The van der Waals surface area contributed by atoms with Crippen molar-refractivity contribution in [2.45, 2.75) is 20.0 Å². The standard InChI is InChI=1S/C24H24N4O/c1-17-4-2-6-19(12-17)15-29-21-7-3-5-18(13-21)10-11-26-24-22-14-20(25)8-9-23(22)27-16-28-24/h2-9,12-14,16H,10-11,15,25H2,1H3,(H,26,27,28). The second kappa shape index (κ2) is 8.61. The molecule has 0 aliphatic rings. The number of benzene rings is 3. The molecule has 0 saturated heterocycles. The average molecular weight is 384 g/mol. The van der Waals surface area contributed by atoms with Crippen LogP contribution in [0.1, 0.15) is 16.7 Å². The number of hydrogen-bond acceptors (Lipinski definition) is 5. The van der Waals surface area contributed by atoms with Gasteiger partial charge in [0.15, 0.2) is 0 Å². The van der Waals surface area contributed by atoms with Crippen molar-refractivity contribution in [1.29, 1.82) is 0 Å². The Labute approximate surface area is 170 Å². The average Bonchev–Trinajstić information content (AvgIpc) is 2.73. The summed E-state index contributed by atoms with van der Waals surface area (Å²) >= 11 is 0. The molecule has 3 aromatic carbocycles. The molecular weight excluding hydrogens is 360 g/mol. The van der Waals surface area contributed by atoms with E-state index < -0.39 is 0 Å². The van der Waals surface area contributed by atoms with Gasteiger partial charge in [0.1, 0.15) is 24.5 Å². The molecule has 1 heterocycles. The third-order valence-corrected chi connectivity index (χ3v) is 4.75. The second-order valence-corrected chi connectivity index (χ2v) is 7.10. The molecule has 0 amide bonds. The molecule has 0 saturated carbocycles. The van der Waals surface area contributed by atoms with Crippen molar-refractivity contribution in [2.75, 3.05) is 17.6 Å². The summed E-state index contributed by atoms with van der Waals surface area (Å²) in [4.78, 5) is 8.65. The van der Waals surface area contributed by atoms with Gasteiger partial charge in [0, 0.05) is 17.6 Å². The van der Waals surface area contributed by atoms with Crippen LogP contribution in [0.5, 0.6) is 5.75 Å². The van der Waals surface area contributed by atoms with E-state index in [-0.39, 0.29) is 0 Å². The van der Waals surface area contributed by atoms with Gasteiger partial charge in [-0.3, -0.25) is 0 Å². The lowest BCUT2D eigenvalue weighted by Gasteiger charge is -2.11. The first-order valence-electron chi connectivity index (χ1n) is 9.69. The molecule has 0 spiro atoms. The fourth-order valence-corrected chi connectivity index (χ4v) is 3.30. The summed E-state index contributed by atoms with van der Waals surface area (Å²) < 4.78 is 5.97. The maximum Gasteiger partial charge on any atom is 0.137 e. The zero-order valence-corrected chi connectivity index (χ0v) is 16.4. The molecule has 4 aromatic rings. The summed E-state index contributed by atoms with van der Waals surface area (Å²) in [7, 11) is 0. The number of rotatable bonds is 7. The number of nitrogens with zero attached hydrogens (tertiary/aromatic N) is 2. The van der Waals surface area contributed by atoms with Crippen LogP contribution in [0, 0.1) is 6.92 Å². The Morgan fingerprint density at radius 3 is 2.69 bits per heavy atom. The van der Waals surface area contributed by atoms with Gasteiger partial charge in [-0.2, -0.15) is 0 Å². The topological polar surface area (TPSA) is 73.1 Å². The van der Waals surface area contributed by atoms with Crippen LogP contribution >= 0.6 is 0 Å². The third kappa shape index (κ3) is 4.82. The highest BCUT2D eigenvalue weighted by atomic mass is 16.5. The molecule has 5 heteroatoms. The molecule has 29 heavy (non-hydrogen) atoms. The number of fused-ring (bicyclic) bond motifs is 1. The van der Waals surface area contributed by atoms with Crippen LogP contribution in [0.2, 0.25) is 0 Å². The lowest BCUT2D eigenvalue weighted by molar-refractivity contribution is 0.306. The van der Waals surface area contributed by atoms with Crippen LogP contribution in [-0.2, 0) is 13.0 Å². The van der Waals surface area contributed by atoms with E-state index in [9.17, 15) is 0 Å². The molecule has 146 valence electrons.